The number of carbonyl (C=O) groups is 1. The van der Waals surface area contributed by atoms with E-state index in [9.17, 15) is 4.79 Å². The van der Waals surface area contributed by atoms with Crippen LogP contribution in [0.4, 0.5) is 11.4 Å². The minimum absolute atomic E-state index is 0.0687. The molecule has 1 amide bonds. The molecule has 0 spiro atoms. The molecule has 0 aliphatic rings. The number of benzene rings is 2. The number of anilines is 2. The van der Waals surface area contributed by atoms with Gasteiger partial charge in [-0.2, -0.15) is 0 Å². The number of rotatable bonds is 4. The number of amides is 1. The molecule has 0 aliphatic carbocycles. The van der Waals surface area contributed by atoms with Crippen LogP contribution in [0.1, 0.15) is 23.7 Å². The molecule has 0 unspecified atom stereocenters. The van der Waals surface area contributed by atoms with Gasteiger partial charge in [-0.05, 0) is 65.4 Å². The molecule has 0 heterocycles. The van der Waals surface area contributed by atoms with Crippen molar-refractivity contribution < 1.29 is 4.79 Å². The molecule has 0 atom stereocenters. The first-order valence-corrected chi connectivity index (χ1v) is 8.11. The van der Waals surface area contributed by atoms with E-state index >= 15 is 0 Å². The van der Waals surface area contributed by atoms with Crippen LogP contribution in [0.3, 0.4) is 0 Å². The van der Waals surface area contributed by atoms with Gasteiger partial charge in [0.1, 0.15) is 0 Å². The lowest BCUT2D eigenvalue weighted by Gasteiger charge is -2.23. The molecule has 0 saturated heterocycles. The predicted octanol–water partition coefficient (Wildman–Crippen LogP) is 4.58. The fourth-order valence-corrected chi connectivity index (χ4v) is 2.57. The van der Waals surface area contributed by atoms with Crippen molar-refractivity contribution in [1.29, 1.82) is 0 Å². The smallest absolute Gasteiger partial charge is 0.258 e. The Kier molecular flexibility index (Phi) is 5.47. The molecule has 0 aliphatic heterocycles. The van der Waals surface area contributed by atoms with E-state index in [0.717, 1.165) is 15.7 Å². The van der Waals surface area contributed by atoms with E-state index in [1.165, 1.54) is 0 Å². The summed E-state index contributed by atoms with van der Waals surface area (Å²) in [5.74, 6) is -0.0687. The second-order valence-corrected chi connectivity index (χ2v) is 6.25. The molecule has 21 heavy (non-hydrogen) atoms. The largest absolute Gasteiger partial charge is 0.399 e. The number of carbonyl (C=O) groups excluding carboxylic acids is 1. The van der Waals surface area contributed by atoms with E-state index in [1.54, 1.807) is 23.1 Å². The first-order valence-electron chi connectivity index (χ1n) is 6.65. The second-order valence-electron chi connectivity index (χ2n) is 4.68. The summed E-state index contributed by atoms with van der Waals surface area (Å²) < 4.78 is 0.928. The van der Waals surface area contributed by atoms with Crippen LogP contribution in [0.25, 0.3) is 0 Å². The molecular weight excluding hydrogens is 399 g/mol. The van der Waals surface area contributed by atoms with Crippen molar-refractivity contribution >= 4 is 51.5 Å². The van der Waals surface area contributed by atoms with Gasteiger partial charge in [-0.25, -0.2) is 0 Å². The summed E-state index contributed by atoms with van der Waals surface area (Å²) in [4.78, 5) is 14.5. The van der Waals surface area contributed by atoms with Gasteiger partial charge in [0, 0.05) is 27.1 Å². The standard InChI is InChI=1S/C16H16ClIN2O/c1-2-8-20(13-5-3-4-12(19)10-13)16(21)11-6-7-15(18)14(17)9-11/h3-7,9-10H,2,8,19H2,1H3. The lowest BCUT2D eigenvalue weighted by Crippen LogP contribution is -2.31. The van der Waals surface area contributed by atoms with Crippen molar-refractivity contribution in [3.63, 3.8) is 0 Å². The topological polar surface area (TPSA) is 46.3 Å². The Hall–Kier alpha value is -1.27. The maximum absolute atomic E-state index is 12.7. The molecule has 0 radical (unpaired) electrons. The fourth-order valence-electron chi connectivity index (χ4n) is 2.05. The van der Waals surface area contributed by atoms with Crippen molar-refractivity contribution in [2.24, 2.45) is 0 Å². The number of halogens is 2. The van der Waals surface area contributed by atoms with Gasteiger partial charge in [0.15, 0.2) is 0 Å². The van der Waals surface area contributed by atoms with Gasteiger partial charge in [-0.15, -0.1) is 0 Å². The van der Waals surface area contributed by atoms with Crippen LogP contribution in [-0.2, 0) is 0 Å². The van der Waals surface area contributed by atoms with Crippen molar-refractivity contribution in [2.45, 2.75) is 13.3 Å². The summed E-state index contributed by atoms with van der Waals surface area (Å²) in [6, 6.07) is 12.7. The van der Waals surface area contributed by atoms with Crippen LogP contribution in [0.2, 0.25) is 5.02 Å². The van der Waals surface area contributed by atoms with Crippen molar-refractivity contribution in [3.05, 3.63) is 56.6 Å². The summed E-state index contributed by atoms with van der Waals surface area (Å²) in [7, 11) is 0. The van der Waals surface area contributed by atoms with Crippen LogP contribution in [0.5, 0.6) is 0 Å². The highest BCUT2D eigenvalue weighted by molar-refractivity contribution is 14.1. The summed E-state index contributed by atoms with van der Waals surface area (Å²) in [6.45, 7) is 2.67. The van der Waals surface area contributed by atoms with Gasteiger partial charge in [-0.3, -0.25) is 4.79 Å². The van der Waals surface area contributed by atoms with Gasteiger partial charge in [-0.1, -0.05) is 24.6 Å². The molecule has 2 aromatic carbocycles. The average Bonchev–Trinajstić information content (AvgIpc) is 2.47. The number of hydrogen-bond acceptors (Lipinski definition) is 2. The zero-order valence-corrected chi connectivity index (χ0v) is 14.6. The van der Waals surface area contributed by atoms with Crippen molar-refractivity contribution in [2.75, 3.05) is 17.2 Å². The van der Waals surface area contributed by atoms with E-state index in [4.69, 9.17) is 17.3 Å². The molecule has 3 nitrogen and oxygen atoms in total. The molecule has 0 aromatic heterocycles. The van der Waals surface area contributed by atoms with Gasteiger partial charge in [0.2, 0.25) is 0 Å². The zero-order chi connectivity index (χ0) is 15.4. The summed E-state index contributed by atoms with van der Waals surface area (Å²) in [5, 5.41) is 0.588. The molecular formula is C16H16ClIN2O. The van der Waals surface area contributed by atoms with Gasteiger partial charge in [0.25, 0.3) is 5.91 Å². The van der Waals surface area contributed by atoms with E-state index in [1.807, 2.05) is 31.2 Å². The Morgan fingerprint density at radius 3 is 2.67 bits per heavy atom. The maximum atomic E-state index is 12.7. The number of nitrogen functional groups attached to an aromatic ring is 1. The van der Waals surface area contributed by atoms with E-state index < -0.39 is 0 Å². The molecule has 5 heteroatoms. The average molecular weight is 415 g/mol. The zero-order valence-electron chi connectivity index (χ0n) is 11.6. The third-order valence-corrected chi connectivity index (χ3v) is 4.61. The SMILES string of the molecule is CCCN(C(=O)c1ccc(I)c(Cl)c1)c1cccc(N)c1. The first kappa shape index (κ1) is 16.1. The molecule has 2 rings (SSSR count). The quantitative estimate of drug-likeness (QED) is 0.588. The third kappa shape index (κ3) is 3.89. The summed E-state index contributed by atoms with van der Waals surface area (Å²) >= 11 is 8.25. The highest BCUT2D eigenvalue weighted by Gasteiger charge is 2.18. The van der Waals surface area contributed by atoms with Crippen molar-refractivity contribution in [1.82, 2.24) is 0 Å². The summed E-state index contributed by atoms with van der Waals surface area (Å²) in [6.07, 6.45) is 0.860. The van der Waals surface area contributed by atoms with E-state index in [2.05, 4.69) is 22.6 Å². The molecule has 110 valence electrons. The van der Waals surface area contributed by atoms with Crippen LogP contribution >= 0.6 is 34.2 Å². The molecule has 2 N–H and O–H groups in total. The van der Waals surface area contributed by atoms with Crippen molar-refractivity contribution in [3.8, 4) is 0 Å². The first-order chi connectivity index (χ1) is 10.0. The Balaban J connectivity index is 2.37. The van der Waals surface area contributed by atoms with Gasteiger partial charge < -0.3 is 10.6 Å². The second kappa shape index (κ2) is 7.13. The van der Waals surface area contributed by atoms with Gasteiger partial charge >= 0.3 is 0 Å². The van der Waals surface area contributed by atoms with E-state index in [-0.39, 0.29) is 5.91 Å². The van der Waals surface area contributed by atoms with Crippen LogP contribution in [0, 0.1) is 3.57 Å². The Bertz CT molecular complexity index is 660. The monoisotopic (exact) mass is 414 g/mol. The van der Waals surface area contributed by atoms with E-state index in [0.29, 0.717) is 22.8 Å². The molecule has 0 saturated carbocycles. The normalized spacial score (nSPS) is 10.4. The van der Waals surface area contributed by atoms with Crippen LogP contribution < -0.4 is 10.6 Å². The Labute approximate surface area is 143 Å². The lowest BCUT2D eigenvalue weighted by molar-refractivity contribution is 0.0987. The Morgan fingerprint density at radius 2 is 2.05 bits per heavy atom. The van der Waals surface area contributed by atoms with Crippen LogP contribution in [-0.4, -0.2) is 12.5 Å². The fraction of sp³-hybridized carbons (Fsp3) is 0.188. The van der Waals surface area contributed by atoms with Gasteiger partial charge in [0.05, 0.1) is 5.02 Å². The molecule has 0 fully saturated rings. The minimum atomic E-state index is -0.0687. The molecule has 2 aromatic rings. The minimum Gasteiger partial charge on any atom is -0.399 e. The predicted molar refractivity (Wildman–Crippen MR) is 97.0 cm³/mol. The highest BCUT2D eigenvalue weighted by atomic mass is 127. The number of hydrogen-bond donors (Lipinski definition) is 1. The lowest BCUT2D eigenvalue weighted by atomic mass is 10.1. The maximum Gasteiger partial charge on any atom is 0.258 e. The third-order valence-electron chi connectivity index (χ3n) is 3.04. The highest BCUT2D eigenvalue weighted by Crippen LogP contribution is 2.24. The summed E-state index contributed by atoms with van der Waals surface area (Å²) in [5.41, 5.74) is 7.84. The number of nitrogens with zero attached hydrogens (tertiary/aromatic N) is 1. The number of nitrogens with two attached hydrogens (primary N) is 1. The Morgan fingerprint density at radius 1 is 1.29 bits per heavy atom. The molecule has 0 bridgehead atoms. The van der Waals surface area contributed by atoms with Crippen LogP contribution in [0.15, 0.2) is 42.5 Å².